The lowest BCUT2D eigenvalue weighted by atomic mass is 10.1. The third-order valence-electron chi connectivity index (χ3n) is 4.60. The molecule has 2 heterocycles. The minimum Gasteiger partial charge on any atom is -0.438 e. The molecule has 1 saturated heterocycles. The van der Waals surface area contributed by atoms with E-state index in [-0.39, 0.29) is 33.8 Å². The summed E-state index contributed by atoms with van der Waals surface area (Å²) >= 11 is 11.9. The van der Waals surface area contributed by atoms with Gasteiger partial charge >= 0.3 is 0 Å². The van der Waals surface area contributed by atoms with Crippen LogP contribution >= 0.6 is 23.2 Å². The molecule has 1 aliphatic rings. The van der Waals surface area contributed by atoms with Gasteiger partial charge in [0.2, 0.25) is 5.55 Å². The fourth-order valence-electron chi connectivity index (χ4n) is 3.14. The van der Waals surface area contributed by atoms with Crippen molar-refractivity contribution in [1.82, 2.24) is 5.32 Å². The summed E-state index contributed by atoms with van der Waals surface area (Å²) < 4.78 is 25.6. The number of nitrogens with one attached hydrogen (secondary N) is 1. The number of amides is 1. The maximum Gasteiger partial charge on any atom is 0.256 e. The van der Waals surface area contributed by atoms with Gasteiger partial charge < -0.3 is 14.5 Å². The van der Waals surface area contributed by atoms with Crippen molar-refractivity contribution >= 4 is 45.8 Å². The summed E-state index contributed by atoms with van der Waals surface area (Å²) in [7, 11) is 0. The first-order chi connectivity index (χ1) is 14.0. The largest absolute Gasteiger partial charge is 0.438 e. The average Bonchev–Trinajstić information content (AvgIpc) is 3.21. The minimum atomic E-state index is -0.616. The van der Waals surface area contributed by atoms with Gasteiger partial charge in [-0.05, 0) is 55.3 Å². The zero-order chi connectivity index (χ0) is 20.4. The predicted molar refractivity (Wildman–Crippen MR) is 109 cm³/mol. The zero-order valence-electron chi connectivity index (χ0n) is 15.3. The number of nitrogens with zero attached hydrogens (tertiary/aromatic N) is 1. The Labute approximate surface area is 176 Å². The van der Waals surface area contributed by atoms with Gasteiger partial charge in [-0.3, -0.25) is 4.79 Å². The number of ether oxygens (including phenoxy) is 1. The first kappa shape index (κ1) is 19.9. The van der Waals surface area contributed by atoms with E-state index in [4.69, 9.17) is 32.4 Å². The molecular weight excluding hydrogens is 418 g/mol. The van der Waals surface area contributed by atoms with Gasteiger partial charge in [0.1, 0.15) is 22.7 Å². The fraction of sp³-hybridized carbons (Fsp3) is 0.238. The Morgan fingerprint density at radius 1 is 1.17 bits per heavy atom. The smallest absolute Gasteiger partial charge is 0.256 e. The molecule has 1 aromatic heterocycles. The number of carbonyl (C=O) groups excluding carboxylic acids is 1. The van der Waals surface area contributed by atoms with E-state index in [0.29, 0.717) is 29.1 Å². The summed E-state index contributed by atoms with van der Waals surface area (Å²) in [4.78, 5) is 17.1. The van der Waals surface area contributed by atoms with Crippen molar-refractivity contribution < 1.29 is 18.3 Å². The molecule has 1 amide bonds. The maximum absolute atomic E-state index is 14.2. The van der Waals surface area contributed by atoms with E-state index in [2.05, 4.69) is 10.3 Å². The molecule has 0 spiro atoms. The second-order valence-corrected chi connectivity index (χ2v) is 7.57. The Balaban J connectivity index is 1.78. The van der Waals surface area contributed by atoms with Crippen LogP contribution < -0.4 is 10.9 Å². The highest BCUT2D eigenvalue weighted by Gasteiger charge is 2.19. The van der Waals surface area contributed by atoms with Crippen LogP contribution in [0.3, 0.4) is 0 Å². The predicted octanol–water partition coefficient (Wildman–Crippen LogP) is 5.02. The van der Waals surface area contributed by atoms with Crippen molar-refractivity contribution in [2.24, 2.45) is 4.99 Å². The molecule has 0 unspecified atom stereocenters. The molecule has 4 rings (SSSR count). The van der Waals surface area contributed by atoms with Crippen LogP contribution in [0.15, 0.2) is 51.9 Å². The second-order valence-electron chi connectivity index (χ2n) is 6.70. The topological polar surface area (TPSA) is 63.8 Å². The van der Waals surface area contributed by atoms with Gasteiger partial charge in [0.15, 0.2) is 0 Å². The molecule has 0 saturated carbocycles. The summed E-state index contributed by atoms with van der Waals surface area (Å²) in [5.41, 5.74) is 0.649. The van der Waals surface area contributed by atoms with Crippen LogP contribution in [-0.2, 0) is 4.74 Å². The number of rotatable bonds is 4. The second kappa shape index (κ2) is 8.53. The molecule has 29 heavy (non-hydrogen) atoms. The molecule has 3 aromatic rings. The summed E-state index contributed by atoms with van der Waals surface area (Å²) in [6.07, 6.45) is 1.85. The Bertz CT molecular complexity index is 1140. The SMILES string of the molecule is O=C(NC[C@@H]1CCCO1)c1cc2cc(Cl)ccc2oc1=Nc1ccc(Cl)cc1F. The lowest BCUT2D eigenvalue weighted by molar-refractivity contribution is 0.0854. The van der Waals surface area contributed by atoms with Gasteiger partial charge in [-0.25, -0.2) is 9.38 Å². The van der Waals surface area contributed by atoms with Gasteiger partial charge in [0, 0.05) is 28.6 Å². The van der Waals surface area contributed by atoms with Crippen molar-refractivity contribution in [3.05, 3.63) is 69.4 Å². The molecule has 2 aromatic carbocycles. The standard InChI is InChI=1S/C21H17Cl2FN2O3/c22-13-4-6-19-12(8-13)9-16(20(27)25-11-15-2-1-7-28-15)21(29-19)26-18-5-3-14(23)10-17(18)24/h3-6,8-10,15H,1-2,7,11H2,(H,25,27)/t15-/m0/s1. The monoisotopic (exact) mass is 434 g/mol. The van der Waals surface area contributed by atoms with Crippen LogP contribution in [0.5, 0.6) is 0 Å². The highest BCUT2D eigenvalue weighted by Crippen LogP contribution is 2.23. The highest BCUT2D eigenvalue weighted by molar-refractivity contribution is 6.31. The molecule has 1 atom stereocenters. The normalized spacial score (nSPS) is 17.1. The molecular formula is C21H17Cl2FN2O3. The summed E-state index contributed by atoms with van der Waals surface area (Å²) in [6.45, 7) is 1.07. The average molecular weight is 435 g/mol. The quantitative estimate of drug-likeness (QED) is 0.626. The van der Waals surface area contributed by atoms with E-state index < -0.39 is 5.82 Å². The summed E-state index contributed by atoms with van der Waals surface area (Å²) in [5, 5.41) is 4.23. The van der Waals surface area contributed by atoms with Crippen LogP contribution in [0.25, 0.3) is 11.0 Å². The molecule has 5 nitrogen and oxygen atoms in total. The van der Waals surface area contributed by atoms with Crippen molar-refractivity contribution in [2.45, 2.75) is 18.9 Å². The van der Waals surface area contributed by atoms with Crippen LogP contribution in [0, 0.1) is 5.82 Å². The number of carbonyl (C=O) groups is 1. The van der Waals surface area contributed by atoms with Gasteiger partial charge in [-0.15, -0.1) is 0 Å². The Morgan fingerprint density at radius 2 is 1.97 bits per heavy atom. The third kappa shape index (κ3) is 4.61. The van der Waals surface area contributed by atoms with Gasteiger partial charge in [0.25, 0.3) is 5.91 Å². The van der Waals surface area contributed by atoms with Gasteiger partial charge in [0.05, 0.1) is 6.10 Å². The molecule has 0 bridgehead atoms. The van der Waals surface area contributed by atoms with Gasteiger partial charge in [-0.1, -0.05) is 23.2 Å². The summed E-state index contributed by atoms with van der Waals surface area (Å²) in [5.74, 6) is -1.01. The fourth-order valence-corrected chi connectivity index (χ4v) is 3.47. The molecule has 150 valence electrons. The zero-order valence-corrected chi connectivity index (χ0v) is 16.8. The summed E-state index contributed by atoms with van der Waals surface area (Å²) in [6, 6.07) is 10.7. The Kier molecular flexibility index (Phi) is 5.85. The van der Waals surface area contributed by atoms with E-state index in [1.807, 2.05) is 0 Å². The Hall–Kier alpha value is -2.41. The van der Waals surface area contributed by atoms with E-state index >= 15 is 0 Å². The first-order valence-corrected chi connectivity index (χ1v) is 9.88. The molecule has 8 heteroatoms. The molecule has 1 N–H and O–H groups in total. The number of halogens is 3. The lowest BCUT2D eigenvalue weighted by Gasteiger charge is -2.11. The highest BCUT2D eigenvalue weighted by atomic mass is 35.5. The van der Waals surface area contributed by atoms with Gasteiger partial charge in [-0.2, -0.15) is 0 Å². The first-order valence-electron chi connectivity index (χ1n) is 9.12. The van der Waals surface area contributed by atoms with E-state index in [9.17, 15) is 9.18 Å². The van der Waals surface area contributed by atoms with Crippen molar-refractivity contribution in [3.63, 3.8) is 0 Å². The van der Waals surface area contributed by atoms with Crippen molar-refractivity contribution in [3.8, 4) is 0 Å². The van der Waals surface area contributed by atoms with E-state index in [1.54, 1.807) is 24.3 Å². The minimum absolute atomic E-state index is 0.00844. The number of fused-ring (bicyclic) bond motifs is 1. The van der Waals surface area contributed by atoms with Crippen molar-refractivity contribution in [2.75, 3.05) is 13.2 Å². The van der Waals surface area contributed by atoms with Crippen LogP contribution in [-0.4, -0.2) is 25.2 Å². The third-order valence-corrected chi connectivity index (χ3v) is 5.07. The van der Waals surface area contributed by atoms with Crippen LogP contribution in [0.4, 0.5) is 10.1 Å². The number of benzene rings is 2. The number of hydrogen-bond acceptors (Lipinski definition) is 4. The molecule has 1 aliphatic heterocycles. The molecule has 0 aliphatic carbocycles. The van der Waals surface area contributed by atoms with E-state index in [0.717, 1.165) is 18.9 Å². The molecule has 0 radical (unpaired) electrons. The van der Waals surface area contributed by atoms with E-state index in [1.165, 1.54) is 12.1 Å². The molecule has 1 fully saturated rings. The number of hydrogen-bond donors (Lipinski definition) is 1. The van der Waals surface area contributed by atoms with Crippen molar-refractivity contribution in [1.29, 1.82) is 0 Å². The van der Waals surface area contributed by atoms with Crippen LogP contribution in [0.2, 0.25) is 10.0 Å². The lowest BCUT2D eigenvalue weighted by Crippen LogP contribution is -2.34. The Morgan fingerprint density at radius 3 is 2.72 bits per heavy atom. The van der Waals surface area contributed by atoms with Crippen LogP contribution in [0.1, 0.15) is 23.2 Å². The maximum atomic E-state index is 14.2.